The summed E-state index contributed by atoms with van der Waals surface area (Å²) in [7, 11) is 7.31. The Hall–Kier alpha value is -0.390. The number of hydrogen-bond acceptors (Lipinski definition) is 1. The Morgan fingerprint density at radius 1 is 1.13 bits per heavy atom. The Morgan fingerprint density at radius 2 is 1.74 bits per heavy atom. The van der Waals surface area contributed by atoms with Gasteiger partial charge in [0.15, 0.2) is 0 Å². The molecule has 2 rings (SSSR count). The highest BCUT2D eigenvalue weighted by molar-refractivity contribution is 7.15. The third-order valence-electron chi connectivity index (χ3n) is 5.38. The summed E-state index contributed by atoms with van der Waals surface area (Å²) in [5.74, 6) is 0.656. The van der Waals surface area contributed by atoms with Crippen LogP contribution in [-0.2, 0) is 6.16 Å². The van der Waals surface area contributed by atoms with Gasteiger partial charge in [-0.25, -0.2) is 0 Å². The molecule has 1 aliphatic carbocycles. The van der Waals surface area contributed by atoms with Crippen LogP contribution < -0.4 is 0 Å². The molecule has 0 aliphatic heterocycles. The summed E-state index contributed by atoms with van der Waals surface area (Å²) in [4.78, 5) is 2.37. The van der Waals surface area contributed by atoms with Gasteiger partial charge in [0.1, 0.15) is 0 Å². The number of hydrogen-bond donors (Lipinski definition) is 0. The zero-order valence-corrected chi connectivity index (χ0v) is 17.4. The molecule has 1 nitrogen and oxygen atoms in total. The van der Waals surface area contributed by atoms with Gasteiger partial charge in [0, 0.05) is 12.5 Å². The van der Waals surface area contributed by atoms with Crippen molar-refractivity contribution in [1.82, 2.24) is 4.90 Å². The fraction of sp³-hybridized carbons (Fsp3) is 0.714. The van der Waals surface area contributed by atoms with Crippen molar-refractivity contribution < 1.29 is 0 Å². The SMILES string of the molecule is CC.Cc1ccc(C(CN(C)C)C2(C)CCCCC2)cc1CP. The quantitative estimate of drug-likeness (QED) is 0.595. The van der Waals surface area contributed by atoms with Gasteiger partial charge in [0.2, 0.25) is 0 Å². The molecule has 1 aromatic carbocycles. The van der Waals surface area contributed by atoms with Gasteiger partial charge in [-0.3, -0.25) is 0 Å². The second kappa shape index (κ2) is 9.80. The molecular formula is C21H38NP. The van der Waals surface area contributed by atoms with Crippen LogP contribution in [0, 0.1) is 12.3 Å². The summed E-state index contributed by atoms with van der Waals surface area (Å²) in [5, 5.41) is 0. The Labute approximate surface area is 147 Å². The van der Waals surface area contributed by atoms with Crippen LogP contribution in [0.1, 0.15) is 75.5 Å². The van der Waals surface area contributed by atoms with E-state index in [-0.39, 0.29) is 0 Å². The van der Waals surface area contributed by atoms with Crippen molar-refractivity contribution in [3.8, 4) is 0 Å². The monoisotopic (exact) mass is 335 g/mol. The van der Waals surface area contributed by atoms with Crippen molar-refractivity contribution >= 4 is 9.24 Å². The maximum atomic E-state index is 2.88. The summed E-state index contributed by atoms with van der Waals surface area (Å²) < 4.78 is 0. The number of likely N-dealkylation sites (N-methyl/N-ethyl adjacent to an activating group) is 1. The van der Waals surface area contributed by atoms with Crippen LogP contribution in [0.4, 0.5) is 0 Å². The summed E-state index contributed by atoms with van der Waals surface area (Å²) in [6, 6.07) is 7.17. The molecule has 2 unspecified atom stereocenters. The molecule has 0 saturated heterocycles. The number of benzene rings is 1. The zero-order valence-electron chi connectivity index (χ0n) is 16.3. The fourth-order valence-corrected chi connectivity index (χ4v) is 4.37. The highest BCUT2D eigenvalue weighted by Crippen LogP contribution is 2.47. The summed E-state index contributed by atoms with van der Waals surface area (Å²) >= 11 is 0. The van der Waals surface area contributed by atoms with E-state index in [1.807, 2.05) is 13.8 Å². The lowest BCUT2D eigenvalue weighted by Gasteiger charge is -2.42. The van der Waals surface area contributed by atoms with Crippen LogP contribution in [0.3, 0.4) is 0 Å². The van der Waals surface area contributed by atoms with Crippen molar-refractivity contribution in [1.29, 1.82) is 0 Å². The van der Waals surface area contributed by atoms with Gasteiger partial charge in [0.25, 0.3) is 0 Å². The first-order valence-electron chi connectivity index (χ1n) is 9.40. The molecular weight excluding hydrogens is 297 g/mol. The summed E-state index contributed by atoms with van der Waals surface area (Å²) in [5.41, 5.74) is 4.93. The van der Waals surface area contributed by atoms with Crippen LogP contribution >= 0.6 is 9.24 Å². The first-order chi connectivity index (χ1) is 11.0. The lowest BCUT2D eigenvalue weighted by atomic mass is 9.64. The van der Waals surface area contributed by atoms with Crippen LogP contribution in [-0.4, -0.2) is 25.5 Å². The van der Waals surface area contributed by atoms with E-state index in [9.17, 15) is 0 Å². The van der Waals surface area contributed by atoms with Gasteiger partial charge >= 0.3 is 0 Å². The molecule has 1 aliphatic rings. The minimum atomic E-state index is 0.468. The summed E-state index contributed by atoms with van der Waals surface area (Å²) in [6.07, 6.45) is 8.07. The minimum Gasteiger partial charge on any atom is -0.309 e. The maximum Gasteiger partial charge on any atom is 0.00494 e. The van der Waals surface area contributed by atoms with Crippen LogP contribution in [0.2, 0.25) is 0 Å². The van der Waals surface area contributed by atoms with Crippen LogP contribution in [0.5, 0.6) is 0 Å². The predicted molar refractivity (Wildman–Crippen MR) is 108 cm³/mol. The van der Waals surface area contributed by atoms with Gasteiger partial charge in [-0.1, -0.05) is 58.2 Å². The highest BCUT2D eigenvalue weighted by atomic mass is 31.0. The molecule has 2 atom stereocenters. The standard InChI is InChI=1S/C19H32NP.C2H6/c1-15-8-9-16(12-17(15)14-21)18(13-20(3)4)19(2)10-6-5-7-11-19;1-2/h8-9,12,18H,5-7,10-11,13-14,21H2,1-4H3;1-2H3. The molecule has 0 amide bonds. The van der Waals surface area contributed by atoms with Gasteiger partial charge in [0.05, 0.1) is 0 Å². The molecule has 1 aromatic rings. The predicted octanol–water partition coefficient (Wildman–Crippen LogP) is 6.01. The average Bonchev–Trinajstić information content (AvgIpc) is 2.55. The average molecular weight is 336 g/mol. The van der Waals surface area contributed by atoms with Crippen LogP contribution in [0.15, 0.2) is 18.2 Å². The Morgan fingerprint density at radius 3 is 2.26 bits per heavy atom. The van der Waals surface area contributed by atoms with Gasteiger partial charge in [-0.05, 0) is 62.1 Å². The first kappa shape index (κ1) is 20.7. The highest BCUT2D eigenvalue weighted by Gasteiger charge is 2.36. The maximum absolute atomic E-state index is 2.88. The van der Waals surface area contributed by atoms with E-state index in [2.05, 4.69) is 60.3 Å². The molecule has 1 saturated carbocycles. The first-order valence-corrected chi connectivity index (χ1v) is 10.2. The Bertz CT molecular complexity index is 461. The summed E-state index contributed by atoms with van der Waals surface area (Å²) in [6.45, 7) is 9.92. The molecule has 0 radical (unpaired) electrons. The third-order valence-corrected chi connectivity index (χ3v) is 5.82. The van der Waals surface area contributed by atoms with E-state index in [1.54, 1.807) is 5.56 Å². The van der Waals surface area contributed by atoms with E-state index < -0.39 is 0 Å². The lowest BCUT2D eigenvalue weighted by Crippen LogP contribution is -2.35. The van der Waals surface area contributed by atoms with Gasteiger partial charge < -0.3 is 4.90 Å². The Balaban J connectivity index is 0.00000127. The topological polar surface area (TPSA) is 3.24 Å². The van der Waals surface area contributed by atoms with E-state index in [1.165, 1.54) is 43.2 Å². The number of aryl methyl sites for hydroxylation is 1. The molecule has 0 spiro atoms. The van der Waals surface area contributed by atoms with E-state index in [0.29, 0.717) is 11.3 Å². The molecule has 23 heavy (non-hydrogen) atoms. The molecule has 0 heterocycles. The second-order valence-corrected chi connectivity index (χ2v) is 7.83. The van der Waals surface area contributed by atoms with E-state index >= 15 is 0 Å². The van der Waals surface area contributed by atoms with Crippen molar-refractivity contribution in [2.24, 2.45) is 5.41 Å². The van der Waals surface area contributed by atoms with Gasteiger partial charge in [-0.2, -0.15) is 0 Å². The number of nitrogens with zero attached hydrogens (tertiary/aromatic N) is 1. The van der Waals surface area contributed by atoms with Crippen molar-refractivity contribution in [2.75, 3.05) is 20.6 Å². The van der Waals surface area contributed by atoms with E-state index in [0.717, 1.165) is 12.7 Å². The smallest absolute Gasteiger partial charge is 0.00494 e. The normalized spacial score (nSPS) is 18.3. The minimum absolute atomic E-state index is 0.468. The molecule has 0 bridgehead atoms. The molecule has 2 heteroatoms. The Kier molecular flexibility index (Phi) is 8.80. The molecule has 132 valence electrons. The zero-order chi connectivity index (χ0) is 17.5. The van der Waals surface area contributed by atoms with Crippen molar-refractivity contribution in [3.05, 3.63) is 34.9 Å². The lowest BCUT2D eigenvalue weighted by molar-refractivity contribution is 0.143. The molecule has 1 fully saturated rings. The fourth-order valence-electron chi connectivity index (χ4n) is 3.93. The van der Waals surface area contributed by atoms with E-state index in [4.69, 9.17) is 0 Å². The molecule has 0 N–H and O–H groups in total. The van der Waals surface area contributed by atoms with Gasteiger partial charge in [-0.15, -0.1) is 9.24 Å². The van der Waals surface area contributed by atoms with Crippen molar-refractivity contribution in [3.63, 3.8) is 0 Å². The van der Waals surface area contributed by atoms with Crippen LogP contribution in [0.25, 0.3) is 0 Å². The second-order valence-electron chi connectivity index (χ2n) is 7.42. The van der Waals surface area contributed by atoms with Crippen molar-refractivity contribution in [2.45, 2.75) is 71.9 Å². The third kappa shape index (κ3) is 5.57. The largest absolute Gasteiger partial charge is 0.309 e. The number of rotatable bonds is 5. The molecule has 0 aromatic heterocycles.